The predicted octanol–water partition coefficient (Wildman–Crippen LogP) is -0.543. The molecule has 0 amide bonds. The van der Waals surface area contributed by atoms with Crippen molar-refractivity contribution in [3.8, 4) is 6.07 Å². The van der Waals surface area contributed by atoms with Crippen LogP contribution in [0.3, 0.4) is 0 Å². The highest BCUT2D eigenvalue weighted by atomic mass is 32.2. The Morgan fingerprint density at radius 2 is 2.07 bits per heavy atom. The van der Waals surface area contributed by atoms with E-state index in [1.807, 2.05) is 6.07 Å². The van der Waals surface area contributed by atoms with Gasteiger partial charge in [-0.3, -0.25) is 0 Å². The maximum atomic E-state index is 11.6. The average Bonchev–Trinajstić information content (AvgIpc) is 2.26. The van der Waals surface area contributed by atoms with Crippen LogP contribution in [-0.4, -0.2) is 45.6 Å². The molecule has 0 spiro atoms. The van der Waals surface area contributed by atoms with Crippen LogP contribution in [-0.2, 0) is 14.9 Å². The Bertz CT molecular complexity index is 317. The summed E-state index contributed by atoms with van der Waals surface area (Å²) < 4.78 is 32.1. The van der Waals surface area contributed by atoms with E-state index in [4.69, 9.17) is 10.00 Å². The van der Waals surface area contributed by atoms with Crippen molar-refractivity contribution in [1.29, 1.82) is 5.26 Å². The van der Waals surface area contributed by atoms with Gasteiger partial charge < -0.3 is 4.74 Å². The van der Waals surface area contributed by atoms with E-state index in [2.05, 4.69) is 4.72 Å². The molecule has 86 valence electrons. The molecule has 0 saturated carbocycles. The van der Waals surface area contributed by atoms with Crippen molar-refractivity contribution in [2.45, 2.75) is 12.8 Å². The Labute approximate surface area is 90.0 Å². The van der Waals surface area contributed by atoms with Gasteiger partial charge in [-0.05, 0) is 6.42 Å². The van der Waals surface area contributed by atoms with Gasteiger partial charge in [0.15, 0.2) is 0 Å². The number of unbranched alkanes of at least 4 members (excludes halogenated alkanes) is 1. The zero-order chi connectivity index (χ0) is 11.1. The van der Waals surface area contributed by atoms with Gasteiger partial charge in [-0.2, -0.15) is 18.0 Å². The summed E-state index contributed by atoms with van der Waals surface area (Å²) in [4.78, 5) is 0. The van der Waals surface area contributed by atoms with Gasteiger partial charge in [-0.15, -0.1) is 0 Å². The molecule has 7 heteroatoms. The van der Waals surface area contributed by atoms with Crippen LogP contribution in [0.2, 0.25) is 0 Å². The molecule has 15 heavy (non-hydrogen) atoms. The van der Waals surface area contributed by atoms with Gasteiger partial charge in [0.1, 0.15) is 0 Å². The highest BCUT2D eigenvalue weighted by Crippen LogP contribution is 2.02. The topological polar surface area (TPSA) is 82.4 Å². The number of nitrogens with one attached hydrogen (secondary N) is 1. The van der Waals surface area contributed by atoms with Crippen molar-refractivity contribution in [3.05, 3.63) is 0 Å². The van der Waals surface area contributed by atoms with Gasteiger partial charge in [-0.25, -0.2) is 4.72 Å². The lowest BCUT2D eigenvalue weighted by atomic mass is 10.3. The Balaban J connectivity index is 2.34. The number of rotatable bonds is 5. The zero-order valence-electron chi connectivity index (χ0n) is 8.48. The van der Waals surface area contributed by atoms with Gasteiger partial charge in [0.05, 0.1) is 19.3 Å². The normalized spacial score (nSPS) is 18.6. The number of ether oxygens (including phenoxy) is 1. The fraction of sp³-hybridized carbons (Fsp3) is 0.875. The first-order valence-electron chi connectivity index (χ1n) is 4.86. The average molecular weight is 233 g/mol. The summed E-state index contributed by atoms with van der Waals surface area (Å²) in [5.74, 6) is 0. The van der Waals surface area contributed by atoms with E-state index in [0.717, 1.165) is 0 Å². The molecule has 6 nitrogen and oxygen atoms in total. The van der Waals surface area contributed by atoms with E-state index in [1.54, 1.807) is 0 Å². The van der Waals surface area contributed by atoms with E-state index in [9.17, 15) is 8.42 Å². The maximum absolute atomic E-state index is 11.6. The van der Waals surface area contributed by atoms with Crippen LogP contribution in [0, 0.1) is 11.3 Å². The molecule has 0 unspecified atom stereocenters. The van der Waals surface area contributed by atoms with Gasteiger partial charge in [0.25, 0.3) is 10.2 Å². The highest BCUT2D eigenvalue weighted by Gasteiger charge is 2.23. The Morgan fingerprint density at radius 3 is 2.67 bits per heavy atom. The second-order valence-electron chi connectivity index (χ2n) is 3.17. The molecule has 0 radical (unpaired) electrons. The van der Waals surface area contributed by atoms with Crippen molar-refractivity contribution in [2.75, 3.05) is 32.8 Å². The molecule has 0 aliphatic carbocycles. The van der Waals surface area contributed by atoms with Crippen molar-refractivity contribution >= 4 is 10.2 Å². The number of hydrogen-bond donors (Lipinski definition) is 1. The summed E-state index contributed by atoms with van der Waals surface area (Å²) in [6, 6.07) is 1.97. The standard InChI is InChI=1S/C8H15N3O3S/c9-3-1-2-4-10-15(12,13)11-5-7-14-8-6-11/h10H,1-2,4-8H2. The fourth-order valence-corrected chi connectivity index (χ4v) is 2.46. The molecule has 0 aromatic rings. The largest absolute Gasteiger partial charge is 0.379 e. The molecule has 1 N–H and O–H groups in total. The van der Waals surface area contributed by atoms with E-state index in [-0.39, 0.29) is 0 Å². The first kappa shape index (κ1) is 12.4. The molecule has 1 aliphatic heterocycles. The first-order chi connectivity index (χ1) is 7.17. The molecule has 0 bridgehead atoms. The van der Waals surface area contributed by atoms with E-state index >= 15 is 0 Å². The minimum atomic E-state index is -3.37. The summed E-state index contributed by atoms with van der Waals surface area (Å²) in [6.45, 7) is 1.99. The molecule has 0 aromatic heterocycles. The fourth-order valence-electron chi connectivity index (χ4n) is 1.25. The van der Waals surface area contributed by atoms with Crippen molar-refractivity contribution in [2.24, 2.45) is 0 Å². The summed E-state index contributed by atoms with van der Waals surface area (Å²) in [7, 11) is -3.37. The molecule has 1 fully saturated rings. The molecule has 0 aromatic carbocycles. The van der Waals surface area contributed by atoms with Gasteiger partial charge in [0, 0.05) is 26.1 Å². The lowest BCUT2D eigenvalue weighted by molar-refractivity contribution is 0.0725. The molecule has 1 heterocycles. The van der Waals surface area contributed by atoms with E-state index in [0.29, 0.717) is 45.7 Å². The minimum Gasteiger partial charge on any atom is -0.379 e. The summed E-state index contributed by atoms with van der Waals surface area (Å²) >= 11 is 0. The molecule has 1 saturated heterocycles. The summed E-state index contributed by atoms with van der Waals surface area (Å²) in [5, 5.41) is 8.29. The molecular formula is C8H15N3O3S. The smallest absolute Gasteiger partial charge is 0.279 e. The molecule has 1 rings (SSSR count). The van der Waals surface area contributed by atoms with Crippen LogP contribution in [0.4, 0.5) is 0 Å². The van der Waals surface area contributed by atoms with Crippen LogP contribution in [0.1, 0.15) is 12.8 Å². The first-order valence-corrected chi connectivity index (χ1v) is 6.30. The number of nitrogens with zero attached hydrogens (tertiary/aromatic N) is 2. The minimum absolute atomic E-state index is 0.313. The third kappa shape index (κ3) is 4.13. The number of morpholine rings is 1. The van der Waals surface area contributed by atoms with Gasteiger partial charge >= 0.3 is 0 Å². The second-order valence-corrected chi connectivity index (χ2v) is 4.93. The monoisotopic (exact) mass is 233 g/mol. The Morgan fingerprint density at radius 1 is 1.40 bits per heavy atom. The molecular weight excluding hydrogens is 218 g/mol. The Hall–Kier alpha value is -0.680. The lowest BCUT2D eigenvalue weighted by Crippen LogP contribution is -2.46. The van der Waals surface area contributed by atoms with Crippen LogP contribution < -0.4 is 4.72 Å². The van der Waals surface area contributed by atoms with E-state index < -0.39 is 10.2 Å². The van der Waals surface area contributed by atoms with Crippen molar-refractivity contribution < 1.29 is 13.2 Å². The Kier molecular flexibility index (Phi) is 4.98. The summed E-state index contributed by atoms with van der Waals surface area (Å²) in [5.41, 5.74) is 0. The number of hydrogen-bond acceptors (Lipinski definition) is 4. The SMILES string of the molecule is N#CCCCNS(=O)(=O)N1CCOCC1. The molecule has 0 atom stereocenters. The second kappa shape index (κ2) is 6.02. The van der Waals surface area contributed by atoms with Gasteiger partial charge in [0.2, 0.25) is 0 Å². The third-order valence-electron chi connectivity index (χ3n) is 2.06. The van der Waals surface area contributed by atoms with Crippen LogP contribution in [0.5, 0.6) is 0 Å². The quantitative estimate of drug-likeness (QED) is 0.646. The van der Waals surface area contributed by atoms with Gasteiger partial charge in [-0.1, -0.05) is 0 Å². The third-order valence-corrected chi connectivity index (χ3v) is 3.67. The lowest BCUT2D eigenvalue weighted by Gasteiger charge is -2.25. The predicted molar refractivity (Wildman–Crippen MR) is 54.2 cm³/mol. The van der Waals surface area contributed by atoms with Crippen LogP contribution in [0.15, 0.2) is 0 Å². The number of nitriles is 1. The molecule has 1 aliphatic rings. The van der Waals surface area contributed by atoms with Crippen molar-refractivity contribution in [3.63, 3.8) is 0 Å². The van der Waals surface area contributed by atoms with E-state index in [1.165, 1.54) is 4.31 Å². The van der Waals surface area contributed by atoms with Crippen LogP contribution >= 0.6 is 0 Å². The van der Waals surface area contributed by atoms with Crippen LogP contribution in [0.25, 0.3) is 0 Å². The van der Waals surface area contributed by atoms with Crippen molar-refractivity contribution in [1.82, 2.24) is 9.03 Å². The highest BCUT2D eigenvalue weighted by molar-refractivity contribution is 7.87. The zero-order valence-corrected chi connectivity index (χ0v) is 9.29. The maximum Gasteiger partial charge on any atom is 0.279 e. The summed E-state index contributed by atoms with van der Waals surface area (Å²) in [6.07, 6.45) is 0.908.